The predicted molar refractivity (Wildman–Crippen MR) is 57.6 cm³/mol. The fraction of sp³-hybridized carbons (Fsp3) is 0.875. The Bertz CT molecular complexity index is 469. The van der Waals surface area contributed by atoms with Crippen LogP contribution in [0.2, 0.25) is 0 Å². The molecule has 2 unspecified atom stereocenters. The molecule has 1 aromatic heterocycles. The van der Waals surface area contributed by atoms with Gasteiger partial charge in [-0.3, -0.25) is 0 Å². The summed E-state index contributed by atoms with van der Waals surface area (Å²) < 4.78 is 24.4. The molecule has 0 radical (unpaired) electrons. The molecule has 1 fully saturated rings. The minimum absolute atomic E-state index is 0.0123. The number of hydrogen-bond donors (Lipinski definition) is 1. The van der Waals surface area contributed by atoms with Crippen molar-refractivity contribution >= 4 is 9.84 Å². The highest BCUT2D eigenvalue weighted by Crippen LogP contribution is 2.24. The van der Waals surface area contributed by atoms with E-state index in [1.807, 2.05) is 14.0 Å². The van der Waals surface area contributed by atoms with Crippen LogP contribution in [0.5, 0.6) is 0 Å². The third kappa shape index (κ3) is 2.07. The van der Waals surface area contributed by atoms with E-state index >= 15 is 0 Å². The maximum atomic E-state index is 11.4. The first-order valence-corrected chi connectivity index (χ1v) is 7.01. The van der Waals surface area contributed by atoms with Gasteiger partial charge in [-0.15, -0.1) is 5.10 Å². The molecule has 7 nitrogen and oxygen atoms in total. The Kier molecular flexibility index (Phi) is 2.94. The van der Waals surface area contributed by atoms with Crippen LogP contribution in [0, 0.1) is 0 Å². The van der Waals surface area contributed by atoms with Gasteiger partial charge in [-0.05, 0) is 30.8 Å². The molecule has 0 spiro atoms. The monoisotopic (exact) mass is 245 g/mol. The standard InChI is InChI=1S/C8H15N5O2S/c1-6(9-2)8-10-11-12-13(8)7-3-4-16(14,15)5-7/h6-7,9H,3-5H2,1-2H3. The minimum atomic E-state index is -2.91. The summed E-state index contributed by atoms with van der Waals surface area (Å²) in [5.74, 6) is 1.05. The molecule has 16 heavy (non-hydrogen) atoms. The molecule has 0 bridgehead atoms. The molecule has 0 aromatic carbocycles. The Hall–Kier alpha value is -1.02. The molecule has 1 saturated heterocycles. The topological polar surface area (TPSA) is 89.8 Å². The Labute approximate surface area is 94.1 Å². The van der Waals surface area contributed by atoms with Crippen LogP contribution in [0.15, 0.2) is 0 Å². The maximum Gasteiger partial charge on any atom is 0.168 e. The van der Waals surface area contributed by atoms with Gasteiger partial charge in [-0.2, -0.15) is 0 Å². The molecule has 8 heteroatoms. The van der Waals surface area contributed by atoms with Crippen LogP contribution >= 0.6 is 0 Å². The quantitative estimate of drug-likeness (QED) is 0.758. The molecule has 0 amide bonds. The molecule has 2 atom stereocenters. The highest BCUT2D eigenvalue weighted by molar-refractivity contribution is 7.91. The molecule has 2 heterocycles. The maximum absolute atomic E-state index is 11.4. The first-order valence-electron chi connectivity index (χ1n) is 5.19. The lowest BCUT2D eigenvalue weighted by Crippen LogP contribution is -2.22. The third-order valence-corrected chi connectivity index (χ3v) is 4.64. The molecule has 2 rings (SSSR count). The van der Waals surface area contributed by atoms with Crippen molar-refractivity contribution in [1.82, 2.24) is 25.5 Å². The molecule has 90 valence electrons. The van der Waals surface area contributed by atoms with Gasteiger partial charge in [-0.25, -0.2) is 13.1 Å². The lowest BCUT2D eigenvalue weighted by molar-refractivity contribution is 0.442. The second-order valence-electron chi connectivity index (χ2n) is 4.05. The highest BCUT2D eigenvalue weighted by Gasteiger charge is 2.32. The van der Waals surface area contributed by atoms with E-state index in [1.54, 1.807) is 4.68 Å². The Morgan fingerprint density at radius 3 is 2.88 bits per heavy atom. The zero-order valence-electron chi connectivity index (χ0n) is 9.29. The van der Waals surface area contributed by atoms with E-state index in [-0.39, 0.29) is 23.6 Å². The number of hydrogen-bond acceptors (Lipinski definition) is 6. The second kappa shape index (κ2) is 4.10. The van der Waals surface area contributed by atoms with E-state index in [0.717, 1.165) is 0 Å². The van der Waals surface area contributed by atoms with Crippen molar-refractivity contribution in [3.8, 4) is 0 Å². The van der Waals surface area contributed by atoms with Gasteiger partial charge in [-0.1, -0.05) is 0 Å². The number of rotatable bonds is 3. The van der Waals surface area contributed by atoms with Gasteiger partial charge in [0.1, 0.15) is 0 Å². The van der Waals surface area contributed by atoms with E-state index < -0.39 is 9.84 Å². The number of sulfone groups is 1. The van der Waals surface area contributed by atoms with E-state index in [2.05, 4.69) is 20.8 Å². The van der Waals surface area contributed by atoms with Gasteiger partial charge in [0.05, 0.1) is 23.6 Å². The number of tetrazole rings is 1. The number of nitrogens with one attached hydrogen (secondary N) is 1. The van der Waals surface area contributed by atoms with Crippen molar-refractivity contribution in [1.29, 1.82) is 0 Å². The summed E-state index contributed by atoms with van der Waals surface area (Å²) in [5, 5.41) is 14.5. The Balaban J connectivity index is 2.25. The fourth-order valence-electron chi connectivity index (χ4n) is 1.84. The third-order valence-electron chi connectivity index (χ3n) is 2.89. The van der Waals surface area contributed by atoms with Crippen LogP contribution in [-0.4, -0.2) is 47.2 Å². The van der Waals surface area contributed by atoms with Crippen molar-refractivity contribution in [3.63, 3.8) is 0 Å². The van der Waals surface area contributed by atoms with Crippen LogP contribution in [0.25, 0.3) is 0 Å². The molecule has 0 aliphatic carbocycles. The van der Waals surface area contributed by atoms with Crippen LogP contribution in [0.4, 0.5) is 0 Å². The second-order valence-corrected chi connectivity index (χ2v) is 6.28. The van der Waals surface area contributed by atoms with Crippen molar-refractivity contribution in [3.05, 3.63) is 5.82 Å². The van der Waals surface area contributed by atoms with E-state index in [1.165, 1.54) is 0 Å². The normalized spacial score (nSPS) is 25.8. The van der Waals surface area contributed by atoms with Gasteiger partial charge in [0.15, 0.2) is 15.7 Å². The van der Waals surface area contributed by atoms with Crippen LogP contribution in [0.1, 0.15) is 31.3 Å². The Morgan fingerprint density at radius 2 is 2.31 bits per heavy atom. The number of nitrogens with zero attached hydrogens (tertiary/aromatic N) is 4. The van der Waals surface area contributed by atoms with Gasteiger partial charge in [0, 0.05) is 0 Å². The van der Waals surface area contributed by atoms with Crippen LogP contribution in [-0.2, 0) is 9.84 Å². The summed E-state index contributed by atoms with van der Waals surface area (Å²) in [6.45, 7) is 1.94. The number of aromatic nitrogens is 4. The van der Waals surface area contributed by atoms with Gasteiger partial charge in [0.2, 0.25) is 0 Å². The molecule has 0 saturated carbocycles. The van der Waals surface area contributed by atoms with E-state index in [9.17, 15) is 8.42 Å². The van der Waals surface area contributed by atoms with Crippen LogP contribution in [0.3, 0.4) is 0 Å². The van der Waals surface area contributed by atoms with Gasteiger partial charge in [0.25, 0.3) is 0 Å². The SMILES string of the molecule is CNC(C)c1nnnn1C1CCS(=O)(=O)C1. The highest BCUT2D eigenvalue weighted by atomic mass is 32.2. The molecule has 1 aromatic rings. The molecule has 1 aliphatic heterocycles. The molecular formula is C8H15N5O2S. The Morgan fingerprint density at radius 1 is 1.56 bits per heavy atom. The smallest absolute Gasteiger partial charge is 0.168 e. The first kappa shape index (κ1) is 11.5. The van der Waals surface area contributed by atoms with E-state index in [4.69, 9.17) is 0 Å². The summed E-state index contributed by atoms with van der Waals surface area (Å²) in [4.78, 5) is 0. The first-order chi connectivity index (χ1) is 7.53. The van der Waals surface area contributed by atoms with Crippen molar-refractivity contribution in [2.24, 2.45) is 0 Å². The van der Waals surface area contributed by atoms with E-state index in [0.29, 0.717) is 12.2 Å². The summed E-state index contributed by atoms with van der Waals surface area (Å²) in [6, 6.07) is -0.107. The average molecular weight is 245 g/mol. The molecular weight excluding hydrogens is 230 g/mol. The van der Waals surface area contributed by atoms with Crippen molar-refractivity contribution in [2.45, 2.75) is 25.4 Å². The molecule has 1 N–H and O–H groups in total. The lowest BCUT2D eigenvalue weighted by Gasteiger charge is -2.14. The predicted octanol–water partition coefficient (Wildman–Crippen LogP) is -0.687. The van der Waals surface area contributed by atoms with Crippen molar-refractivity contribution < 1.29 is 8.42 Å². The zero-order chi connectivity index (χ0) is 11.8. The van der Waals surface area contributed by atoms with Gasteiger partial charge >= 0.3 is 0 Å². The largest absolute Gasteiger partial charge is 0.311 e. The molecule has 1 aliphatic rings. The summed E-state index contributed by atoms with van der Waals surface area (Å²) in [6.07, 6.45) is 0.594. The van der Waals surface area contributed by atoms with Crippen molar-refractivity contribution in [2.75, 3.05) is 18.6 Å². The average Bonchev–Trinajstić information content (AvgIpc) is 2.82. The summed E-state index contributed by atoms with van der Waals surface area (Å²) >= 11 is 0. The fourth-order valence-corrected chi connectivity index (χ4v) is 3.53. The summed E-state index contributed by atoms with van der Waals surface area (Å²) in [5.41, 5.74) is 0. The summed E-state index contributed by atoms with van der Waals surface area (Å²) in [7, 11) is -1.09. The van der Waals surface area contributed by atoms with Gasteiger partial charge < -0.3 is 5.32 Å². The van der Waals surface area contributed by atoms with Crippen LogP contribution < -0.4 is 5.32 Å². The minimum Gasteiger partial charge on any atom is -0.311 e. The zero-order valence-corrected chi connectivity index (χ0v) is 10.1. The lowest BCUT2D eigenvalue weighted by atomic mass is 10.2.